The van der Waals surface area contributed by atoms with Crippen molar-refractivity contribution in [3.05, 3.63) is 74.1 Å². The SMILES string of the molecule is O=C(OCc1ccc(Cl)c(Cl)c1)c1n[nH]c(=O)c2ccccc12. The van der Waals surface area contributed by atoms with E-state index in [1.54, 1.807) is 42.5 Å². The Kier molecular flexibility index (Phi) is 4.32. The van der Waals surface area contributed by atoms with E-state index >= 15 is 0 Å². The van der Waals surface area contributed by atoms with Gasteiger partial charge in [0.05, 0.1) is 15.4 Å². The maximum absolute atomic E-state index is 12.2. The van der Waals surface area contributed by atoms with Crippen molar-refractivity contribution >= 4 is 39.9 Å². The molecule has 3 aromatic rings. The summed E-state index contributed by atoms with van der Waals surface area (Å²) < 4.78 is 5.23. The zero-order valence-corrected chi connectivity index (χ0v) is 13.2. The van der Waals surface area contributed by atoms with Gasteiger partial charge in [0.2, 0.25) is 0 Å². The monoisotopic (exact) mass is 348 g/mol. The van der Waals surface area contributed by atoms with Crippen LogP contribution in [0.15, 0.2) is 47.3 Å². The quantitative estimate of drug-likeness (QED) is 0.734. The van der Waals surface area contributed by atoms with Crippen molar-refractivity contribution in [2.75, 3.05) is 0 Å². The topological polar surface area (TPSA) is 72.0 Å². The Balaban J connectivity index is 1.85. The molecule has 2 aromatic carbocycles. The third-order valence-corrected chi connectivity index (χ3v) is 3.98. The Morgan fingerprint density at radius 1 is 1.09 bits per heavy atom. The molecule has 0 fully saturated rings. The second-order valence-corrected chi connectivity index (χ2v) is 5.59. The van der Waals surface area contributed by atoms with Gasteiger partial charge in [-0.05, 0) is 23.8 Å². The number of halogens is 2. The Hall–Kier alpha value is -2.37. The zero-order valence-electron chi connectivity index (χ0n) is 11.7. The number of carbonyl (C=O) groups excluding carboxylic acids is 1. The summed E-state index contributed by atoms with van der Waals surface area (Å²) in [5.41, 5.74) is 0.392. The lowest BCUT2D eigenvalue weighted by Gasteiger charge is -2.07. The van der Waals surface area contributed by atoms with E-state index in [2.05, 4.69) is 10.2 Å². The smallest absolute Gasteiger partial charge is 0.359 e. The van der Waals surface area contributed by atoms with Crippen molar-refractivity contribution in [1.82, 2.24) is 10.2 Å². The number of esters is 1. The second-order valence-electron chi connectivity index (χ2n) is 4.77. The average Bonchev–Trinajstić information content (AvgIpc) is 2.56. The molecule has 0 aliphatic rings. The Bertz CT molecular complexity index is 953. The minimum absolute atomic E-state index is 0.0187. The number of H-pyrrole nitrogens is 1. The van der Waals surface area contributed by atoms with Gasteiger partial charge in [0.25, 0.3) is 5.56 Å². The number of benzene rings is 2. The molecule has 0 atom stereocenters. The molecule has 0 unspecified atom stereocenters. The number of rotatable bonds is 3. The molecule has 7 heteroatoms. The highest BCUT2D eigenvalue weighted by molar-refractivity contribution is 6.42. The summed E-state index contributed by atoms with van der Waals surface area (Å²) in [6, 6.07) is 11.6. The van der Waals surface area contributed by atoms with Crippen molar-refractivity contribution in [3.63, 3.8) is 0 Å². The van der Waals surface area contributed by atoms with Crippen LogP contribution in [0, 0.1) is 0 Å². The standard InChI is InChI=1S/C16H10Cl2N2O3/c17-12-6-5-9(7-13(12)18)8-23-16(22)14-10-3-1-2-4-11(10)15(21)20-19-14/h1-7H,8H2,(H,20,21). The van der Waals surface area contributed by atoms with E-state index in [4.69, 9.17) is 27.9 Å². The van der Waals surface area contributed by atoms with E-state index in [1.807, 2.05) is 0 Å². The Labute approximate surface area is 140 Å². The van der Waals surface area contributed by atoms with Crippen LogP contribution in [0.2, 0.25) is 10.0 Å². The van der Waals surface area contributed by atoms with E-state index < -0.39 is 5.97 Å². The molecular weight excluding hydrogens is 339 g/mol. The molecule has 0 aliphatic carbocycles. The number of nitrogens with zero attached hydrogens (tertiary/aromatic N) is 1. The zero-order chi connectivity index (χ0) is 16.4. The van der Waals surface area contributed by atoms with Crippen molar-refractivity contribution in [3.8, 4) is 0 Å². The van der Waals surface area contributed by atoms with Gasteiger partial charge < -0.3 is 4.74 Å². The molecule has 0 bridgehead atoms. The number of hydrogen-bond donors (Lipinski definition) is 1. The fraction of sp³-hybridized carbons (Fsp3) is 0.0625. The molecule has 0 amide bonds. The van der Waals surface area contributed by atoms with Crippen LogP contribution in [0.1, 0.15) is 16.1 Å². The number of nitrogens with one attached hydrogen (secondary N) is 1. The molecule has 0 radical (unpaired) electrons. The number of carbonyl (C=O) groups is 1. The Morgan fingerprint density at radius 3 is 2.57 bits per heavy atom. The van der Waals surface area contributed by atoms with Gasteiger partial charge in [-0.2, -0.15) is 5.10 Å². The van der Waals surface area contributed by atoms with E-state index in [-0.39, 0.29) is 17.9 Å². The van der Waals surface area contributed by atoms with E-state index in [0.29, 0.717) is 26.4 Å². The normalized spacial score (nSPS) is 10.7. The second kappa shape index (κ2) is 6.40. The van der Waals surface area contributed by atoms with Gasteiger partial charge in [0, 0.05) is 5.39 Å². The van der Waals surface area contributed by atoms with E-state index in [1.165, 1.54) is 0 Å². The lowest BCUT2D eigenvalue weighted by Crippen LogP contribution is -2.16. The molecule has 23 heavy (non-hydrogen) atoms. The molecular formula is C16H10Cl2N2O3. The molecule has 3 rings (SSSR count). The summed E-state index contributed by atoms with van der Waals surface area (Å²) >= 11 is 11.8. The third kappa shape index (κ3) is 3.21. The molecule has 0 saturated heterocycles. The first-order valence-corrected chi connectivity index (χ1v) is 7.40. The Morgan fingerprint density at radius 2 is 1.83 bits per heavy atom. The fourth-order valence-electron chi connectivity index (χ4n) is 2.12. The van der Waals surface area contributed by atoms with Gasteiger partial charge in [-0.15, -0.1) is 0 Å². The maximum Gasteiger partial charge on any atom is 0.359 e. The molecule has 0 spiro atoms. The van der Waals surface area contributed by atoms with Crippen molar-refractivity contribution in [2.45, 2.75) is 6.61 Å². The van der Waals surface area contributed by atoms with Crippen LogP contribution < -0.4 is 5.56 Å². The van der Waals surface area contributed by atoms with Gasteiger partial charge in [-0.25, -0.2) is 9.89 Å². The van der Waals surface area contributed by atoms with Crippen LogP contribution in [0.25, 0.3) is 10.8 Å². The highest BCUT2D eigenvalue weighted by Gasteiger charge is 2.15. The summed E-state index contributed by atoms with van der Waals surface area (Å²) in [6.07, 6.45) is 0. The van der Waals surface area contributed by atoms with Crippen LogP contribution in [-0.2, 0) is 11.3 Å². The predicted molar refractivity (Wildman–Crippen MR) is 87.9 cm³/mol. The predicted octanol–water partition coefficient (Wildman–Crippen LogP) is 3.59. The van der Waals surface area contributed by atoms with Crippen molar-refractivity contribution < 1.29 is 9.53 Å². The van der Waals surface area contributed by atoms with Crippen LogP contribution in [0.3, 0.4) is 0 Å². The number of ether oxygens (including phenoxy) is 1. The molecule has 5 nitrogen and oxygen atoms in total. The van der Waals surface area contributed by atoms with Crippen LogP contribution >= 0.6 is 23.2 Å². The lowest BCUT2D eigenvalue weighted by molar-refractivity contribution is 0.0467. The molecule has 1 aromatic heterocycles. The number of aromatic amines is 1. The summed E-state index contributed by atoms with van der Waals surface area (Å²) in [4.78, 5) is 23.9. The van der Waals surface area contributed by atoms with Gasteiger partial charge in [0.1, 0.15) is 6.61 Å². The largest absolute Gasteiger partial charge is 0.456 e. The summed E-state index contributed by atoms with van der Waals surface area (Å²) in [6.45, 7) is 0.0187. The summed E-state index contributed by atoms with van der Waals surface area (Å²) in [7, 11) is 0. The summed E-state index contributed by atoms with van der Waals surface area (Å²) in [5, 5.41) is 7.71. The minimum atomic E-state index is -0.636. The van der Waals surface area contributed by atoms with Crippen molar-refractivity contribution in [2.24, 2.45) is 0 Å². The molecule has 1 N–H and O–H groups in total. The van der Waals surface area contributed by atoms with Gasteiger partial charge in [0.15, 0.2) is 5.69 Å². The summed E-state index contributed by atoms with van der Waals surface area (Å²) in [5.74, 6) is -0.636. The first-order chi connectivity index (χ1) is 11.1. The highest BCUT2D eigenvalue weighted by Crippen LogP contribution is 2.23. The third-order valence-electron chi connectivity index (χ3n) is 3.24. The van der Waals surface area contributed by atoms with Gasteiger partial charge in [-0.3, -0.25) is 4.79 Å². The first-order valence-electron chi connectivity index (χ1n) is 6.65. The van der Waals surface area contributed by atoms with Crippen LogP contribution in [-0.4, -0.2) is 16.2 Å². The van der Waals surface area contributed by atoms with E-state index in [9.17, 15) is 9.59 Å². The average molecular weight is 349 g/mol. The number of hydrogen-bond acceptors (Lipinski definition) is 4. The van der Waals surface area contributed by atoms with Gasteiger partial charge in [-0.1, -0.05) is 47.5 Å². The molecule has 1 heterocycles. The molecule has 116 valence electrons. The first kappa shape index (κ1) is 15.5. The highest BCUT2D eigenvalue weighted by atomic mass is 35.5. The number of fused-ring (bicyclic) bond motifs is 1. The molecule has 0 aliphatic heterocycles. The van der Waals surface area contributed by atoms with Crippen molar-refractivity contribution in [1.29, 1.82) is 0 Å². The molecule has 0 saturated carbocycles. The van der Waals surface area contributed by atoms with Crippen LogP contribution in [0.5, 0.6) is 0 Å². The maximum atomic E-state index is 12.2. The number of aromatic nitrogens is 2. The minimum Gasteiger partial charge on any atom is -0.456 e. The van der Waals surface area contributed by atoms with Crippen LogP contribution in [0.4, 0.5) is 0 Å². The van der Waals surface area contributed by atoms with Gasteiger partial charge >= 0.3 is 5.97 Å². The fourth-order valence-corrected chi connectivity index (χ4v) is 2.44. The van der Waals surface area contributed by atoms with E-state index in [0.717, 1.165) is 0 Å². The lowest BCUT2D eigenvalue weighted by atomic mass is 10.1.